The topological polar surface area (TPSA) is 78.8 Å². The average Bonchev–Trinajstić information content (AvgIpc) is 3.36. The number of rotatable bonds is 5. The zero-order chi connectivity index (χ0) is 27.1. The number of benzene rings is 3. The highest BCUT2D eigenvalue weighted by molar-refractivity contribution is 6.30. The van der Waals surface area contributed by atoms with Gasteiger partial charge in [0.05, 0.1) is 40.1 Å². The maximum absolute atomic E-state index is 13.9. The smallest absolute Gasteiger partial charge is 0.351 e. The summed E-state index contributed by atoms with van der Waals surface area (Å²) in [7, 11) is 0. The minimum Gasteiger partial charge on any atom is -0.351 e. The molecule has 198 valence electrons. The first-order valence-electron chi connectivity index (χ1n) is 12.3. The van der Waals surface area contributed by atoms with Gasteiger partial charge in [-0.05, 0) is 48.0 Å². The first-order chi connectivity index (χ1) is 18.8. The number of para-hydroxylation sites is 1. The SMILES string of the molecule is O=c1c2c(nc(NCc3cccc(Cl)c3)n1-c1ccccc1)CCN(c1nc3ccc(C(F)(F)F)cc3[nH]1)C2. The molecule has 0 saturated heterocycles. The predicted molar refractivity (Wildman–Crippen MR) is 144 cm³/mol. The van der Waals surface area contributed by atoms with Crippen molar-refractivity contribution in [2.24, 2.45) is 0 Å². The Morgan fingerprint density at radius 2 is 1.82 bits per heavy atom. The number of aromatic nitrogens is 4. The van der Waals surface area contributed by atoms with Crippen LogP contribution in [0.3, 0.4) is 0 Å². The third kappa shape index (κ3) is 4.95. The molecule has 7 nitrogen and oxygen atoms in total. The van der Waals surface area contributed by atoms with E-state index in [1.165, 1.54) is 6.07 Å². The Morgan fingerprint density at radius 1 is 1.00 bits per heavy atom. The number of halogens is 4. The molecular formula is C28H22ClF3N6O. The molecule has 0 bridgehead atoms. The molecule has 0 radical (unpaired) electrons. The van der Waals surface area contributed by atoms with Crippen LogP contribution in [0.2, 0.25) is 5.02 Å². The zero-order valence-corrected chi connectivity index (χ0v) is 21.2. The average molecular weight is 551 g/mol. The van der Waals surface area contributed by atoms with Gasteiger partial charge in [0.2, 0.25) is 11.9 Å². The minimum absolute atomic E-state index is 0.217. The second kappa shape index (κ2) is 9.77. The van der Waals surface area contributed by atoms with Gasteiger partial charge in [0.1, 0.15) is 0 Å². The molecule has 3 aromatic carbocycles. The van der Waals surface area contributed by atoms with Gasteiger partial charge in [-0.15, -0.1) is 0 Å². The first-order valence-corrected chi connectivity index (χ1v) is 12.6. The summed E-state index contributed by atoms with van der Waals surface area (Å²) in [6, 6.07) is 20.1. The van der Waals surface area contributed by atoms with Gasteiger partial charge < -0.3 is 15.2 Å². The molecule has 0 spiro atoms. The number of hydrogen-bond acceptors (Lipinski definition) is 5. The van der Waals surface area contributed by atoms with Crippen molar-refractivity contribution in [3.63, 3.8) is 0 Å². The molecule has 1 aliphatic heterocycles. The number of fused-ring (bicyclic) bond motifs is 2. The molecule has 0 atom stereocenters. The summed E-state index contributed by atoms with van der Waals surface area (Å²) in [4.78, 5) is 28.0. The lowest BCUT2D eigenvalue weighted by atomic mass is 10.1. The fourth-order valence-corrected chi connectivity index (χ4v) is 4.96. The lowest BCUT2D eigenvalue weighted by Crippen LogP contribution is -2.39. The van der Waals surface area contributed by atoms with Crippen molar-refractivity contribution in [1.29, 1.82) is 0 Å². The molecule has 39 heavy (non-hydrogen) atoms. The van der Waals surface area contributed by atoms with E-state index in [1.54, 1.807) is 10.6 Å². The highest BCUT2D eigenvalue weighted by Crippen LogP contribution is 2.32. The monoisotopic (exact) mass is 550 g/mol. The summed E-state index contributed by atoms with van der Waals surface area (Å²) in [5.41, 5.74) is 2.52. The Balaban J connectivity index is 1.35. The van der Waals surface area contributed by atoms with Crippen molar-refractivity contribution in [2.45, 2.75) is 25.7 Å². The van der Waals surface area contributed by atoms with Crippen LogP contribution in [0.4, 0.5) is 25.1 Å². The molecule has 1 aliphatic rings. The summed E-state index contributed by atoms with van der Waals surface area (Å²) >= 11 is 6.13. The number of H-pyrrole nitrogens is 1. The normalized spacial score (nSPS) is 13.5. The predicted octanol–water partition coefficient (Wildman–Crippen LogP) is 5.96. The fourth-order valence-electron chi connectivity index (χ4n) is 4.74. The number of anilines is 2. The van der Waals surface area contributed by atoms with Crippen LogP contribution in [0.1, 0.15) is 22.4 Å². The van der Waals surface area contributed by atoms with Crippen molar-refractivity contribution >= 4 is 34.5 Å². The highest BCUT2D eigenvalue weighted by atomic mass is 35.5. The van der Waals surface area contributed by atoms with Crippen molar-refractivity contribution < 1.29 is 13.2 Å². The molecule has 2 aromatic heterocycles. The van der Waals surface area contributed by atoms with Crippen LogP contribution >= 0.6 is 11.6 Å². The first kappa shape index (κ1) is 25.0. The second-order valence-corrected chi connectivity index (χ2v) is 9.72. The van der Waals surface area contributed by atoms with Crippen LogP contribution in [0.5, 0.6) is 0 Å². The van der Waals surface area contributed by atoms with Crippen LogP contribution in [0.25, 0.3) is 16.7 Å². The van der Waals surface area contributed by atoms with Crippen LogP contribution < -0.4 is 15.8 Å². The highest BCUT2D eigenvalue weighted by Gasteiger charge is 2.31. The van der Waals surface area contributed by atoms with Crippen molar-refractivity contribution in [1.82, 2.24) is 19.5 Å². The van der Waals surface area contributed by atoms with E-state index in [2.05, 4.69) is 15.3 Å². The van der Waals surface area contributed by atoms with E-state index in [1.807, 2.05) is 53.4 Å². The number of aromatic amines is 1. The van der Waals surface area contributed by atoms with Crippen LogP contribution in [-0.4, -0.2) is 26.1 Å². The Hall–Kier alpha value is -4.31. The third-order valence-electron chi connectivity index (χ3n) is 6.68. The van der Waals surface area contributed by atoms with Gasteiger partial charge in [-0.3, -0.25) is 4.79 Å². The van der Waals surface area contributed by atoms with Gasteiger partial charge in [-0.1, -0.05) is 41.9 Å². The molecule has 0 unspecified atom stereocenters. The van der Waals surface area contributed by atoms with E-state index in [0.717, 1.165) is 17.7 Å². The van der Waals surface area contributed by atoms with Crippen LogP contribution in [0, 0.1) is 0 Å². The standard InChI is InChI=1S/C28H22ClF3N6O/c29-19-6-4-5-17(13-19)15-33-26-34-22-11-12-37(16-21(22)25(39)38(26)20-7-2-1-3-8-20)27-35-23-10-9-18(28(30,31)32)14-24(23)36-27/h1-10,13-14H,11-12,15-16H2,(H,33,34)(H,35,36). The second-order valence-electron chi connectivity index (χ2n) is 9.28. The molecule has 0 aliphatic carbocycles. The molecular weight excluding hydrogens is 529 g/mol. The molecule has 0 fully saturated rings. The molecule has 0 amide bonds. The van der Waals surface area contributed by atoms with Crippen molar-refractivity contribution in [3.05, 3.63) is 111 Å². The summed E-state index contributed by atoms with van der Waals surface area (Å²) in [6.07, 6.45) is -3.98. The Morgan fingerprint density at radius 3 is 2.59 bits per heavy atom. The van der Waals surface area contributed by atoms with E-state index in [0.29, 0.717) is 58.9 Å². The van der Waals surface area contributed by atoms with Gasteiger partial charge in [0.15, 0.2) is 0 Å². The maximum atomic E-state index is 13.9. The van der Waals surface area contributed by atoms with Gasteiger partial charge in [0, 0.05) is 24.5 Å². The Labute approximate surface area is 225 Å². The third-order valence-corrected chi connectivity index (χ3v) is 6.92. The molecule has 0 saturated carbocycles. The van der Waals surface area contributed by atoms with Crippen molar-refractivity contribution in [2.75, 3.05) is 16.8 Å². The van der Waals surface area contributed by atoms with Gasteiger partial charge in [-0.25, -0.2) is 14.5 Å². The molecule has 6 rings (SSSR count). The molecule has 3 heterocycles. The van der Waals surface area contributed by atoms with E-state index < -0.39 is 11.7 Å². The largest absolute Gasteiger partial charge is 0.416 e. The van der Waals surface area contributed by atoms with Gasteiger partial charge >= 0.3 is 6.18 Å². The number of imidazole rings is 1. The minimum atomic E-state index is -4.45. The van der Waals surface area contributed by atoms with Crippen molar-refractivity contribution in [3.8, 4) is 5.69 Å². The van der Waals surface area contributed by atoms with Crippen LogP contribution in [0.15, 0.2) is 77.6 Å². The van der Waals surface area contributed by atoms with E-state index in [4.69, 9.17) is 16.6 Å². The number of nitrogens with one attached hydrogen (secondary N) is 2. The number of nitrogens with zero attached hydrogens (tertiary/aromatic N) is 4. The number of hydrogen-bond donors (Lipinski definition) is 2. The number of alkyl halides is 3. The Bertz CT molecular complexity index is 1730. The van der Waals surface area contributed by atoms with E-state index in [-0.39, 0.29) is 17.6 Å². The summed E-state index contributed by atoms with van der Waals surface area (Å²) in [6.45, 7) is 1.13. The lowest BCUT2D eigenvalue weighted by Gasteiger charge is -2.28. The van der Waals surface area contributed by atoms with Gasteiger partial charge in [-0.2, -0.15) is 13.2 Å². The summed E-state index contributed by atoms with van der Waals surface area (Å²) < 4.78 is 41.0. The van der Waals surface area contributed by atoms with E-state index in [9.17, 15) is 18.0 Å². The Kier molecular flexibility index (Phi) is 6.26. The maximum Gasteiger partial charge on any atom is 0.416 e. The summed E-state index contributed by atoms with van der Waals surface area (Å²) in [5, 5.41) is 3.91. The summed E-state index contributed by atoms with van der Waals surface area (Å²) in [5.74, 6) is 0.825. The fraction of sp³-hybridized carbons (Fsp3) is 0.179. The molecule has 2 N–H and O–H groups in total. The van der Waals surface area contributed by atoms with E-state index >= 15 is 0 Å². The zero-order valence-electron chi connectivity index (χ0n) is 20.5. The lowest BCUT2D eigenvalue weighted by molar-refractivity contribution is -0.137. The van der Waals surface area contributed by atoms with Crippen LogP contribution in [-0.2, 0) is 25.7 Å². The molecule has 5 aromatic rings. The molecule has 11 heteroatoms. The van der Waals surface area contributed by atoms with Gasteiger partial charge in [0.25, 0.3) is 5.56 Å². The quantitative estimate of drug-likeness (QED) is 0.282.